The maximum absolute atomic E-state index is 12.8. The monoisotopic (exact) mass is 549 g/mol. The molecule has 0 aliphatic carbocycles. The zero-order valence-electron chi connectivity index (χ0n) is 22.3. The standard InChI is InChI=1S/C25H39N7O7/c1-18-10-19(12-20(11-18)25(26)27)13-28-21(33)14-29-2-4-30(15-22(34)35)6-8-32(17-24(38)39)9-7-31(5-3-29)16-23(36)37/h10-12H,2-9,13-17H2,1H3,(H3,26,27)(H,28,33)(H,34,35)(H,36,37)(H,38,39). The minimum atomic E-state index is -1.02. The Bertz CT molecular complexity index is 1000. The molecule has 1 heterocycles. The second-order valence-corrected chi connectivity index (χ2v) is 9.68. The quantitative estimate of drug-likeness (QED) is 0.136. The van der Waals surface area contributed by atoms with E-state index in [-0.39, 0.29) is 44.5 Å². The molecule has 0 aromatic heterocycles. The number of carboxylic acids is 3. The van der Waals surface area contributed by atoms with Gasteiger partial charge in [0.2, 0.25) is 5.91 Å². The number of amidine groups is 1. The van der Waals surface area contributed by atoms with Gasteiger partial charge in [-0.1, -0.05) is 11.6 Å². The minimum Gasteiger partial charge on any atom is -0.480 e. The van der Waals surface area contributed by atoms with E-state index >= 15 is 0 Å². The lowest BCUT2D eigenvalue weighted by molar-refractivity contribution is -0.140. The van der Waals surface area contributed by atoms with E-state index in [9.17, 15) is 34.5 Å². The van der Waals surface area contributed by atoms with Gasteiger partial charge >= 0.3 is 17.9 Å². The molecule has 0 unspecified atom stereocenters. The number of nitrogen functional groups attached to an aromatic ring is 1. The van der Waals surface area contributed by atoms with Gasteiger partial charge < -0.3 is 26.4 Å². The Hall–Kier alpha value is -3.59. The number of hydrogen-bond donors (Lipinski definition) is 6. The van der Waals surface area contributed by atoms with Crippen molar-refractivity contribution in [1.29, 1.82) is 5.41 Å². The normalized spacial score (nSPS) is 17.1. The van der Waals surface area contributed by atoms with Gasteiger partial charge in [-0.2, -0.15) is 0 Å². The third-order valence-corrected chi connectivity index (χ3v) is 6.31. The number of carbonyl (C=O) groups is 4. The molecule has 0 bridgehead atoms. The minimum absolute atomic E-state index is 0.0261. The highest BCUT2D eigenvalue weighted by atomic mass is 16.4. The van der Waals surface area contributed by atoms with E-state index in [1.807, 2.05) is 17.9 Å². The van der Waals surface area contributed by atoms with Crippen molar-refractivity contribution < 1.29 is 34.5 Å². The van der Waals surface area contributed by atoms with Gasteiger partial charge in [-0.25, -0.2) is 0 Å². The van der Waals surface area contributed by atoms with Crippen molar-refractivity contribution in [3.63, 3.8) is 0 Å². The van der Waals surface area contributed by atoms with Crippen LogP contribution < -0.4 is 11.1 Å². The first-order chi connectivity index (χ1) is 18.4. The van der Waals surface area contributed by atoms with Crippen LogP contribution in [0.25, 0.3) is 0 Å². The summed E-state index contributed by atoms with van der Waals surface area (Å²) in [5, 5.41) is 38.4. The van der Waals surface area contributed by atoms with Gasteiger partial charge in [0, 0.05) is 64.5 Å². The first-order valence-electron chi connectivity index (χ1n) is 12.7. The highest BCUT2D eigenvalue weighted by molar-refractivity contribution is 5.95. The maximum atomic E-state index is 12.8. The van der Waals surface area contributed by atoms with Crippen LogP contribution in [-0.4, -0.2) is 143 Å². The number of benzene rings is 1. The molecular formula is C25H39N7O7. The van der Waals surface area contributed by atoms with Crippen LogP contribution in [0, 0.1) is 12.3 Å². The number of rotatable bonds is 11. The first-order valence-corrected chi connectivity index (χ1v) is 12.7. The summed E-state index contributed by atoms with van der Waals surface area (Å²) in [6, 6.07) is 5.42. The van der Waals surface area contributed by atoms with E-state index in [1.54, 1.807) is 26.8 Å². The van der Waals surface area contributed by atoms with Crippen LogP contribution in [0.2, 0.25) is 0 Å². The smallest absolute Gasteiger partial charge is 0.317 e. The molecule has 39 heavy (non-hydrogen) atoms. The molecule has 0 saturated carbocycles. The zero-order chi connectivity index (χ0) is 28.9. The fourth-order valence-corrected chi connectivity index (χ4v) is 4.36. The summed E-state index contributed by atoms with van der Waals surface area (Å²) in [5.41, 5.74) is 7.88. The highest BCUT2D eigenvalue weighted by Crippen LogP contribution is 2.09. The number of hydrogen-bond acceptors (Lipinski definition) is 9. The third-order valence-electron chi connectivity index (χ3n) is 6.31. The molecule has 1 saturated heterocycles. The summed E-state index contributed by atoms with van der Waals surface area (Å²) < 4.78 is 0. The van der Waals surface area contributed by atoms with Crippen molar-refractivity contribution in [3.8, 4) is 0 Å². The SMILES string of the molecule is Cc1cc(CNC(=O)CN2CCN(CC(=O)O)CCN(CC(=O)O)CCN(CC(=O)O)CC2)cc(C(=N)N)c1. The lowest BCUT2D eigenvalue weighted by atomic mass is 10.1. The maximum Gasteiger partial charge on any atom is 0.317 e. The summed E-state index contributed by atoms with van der Waals surface area (Å²) >= 11 is 0. The first kappa shape index (κ1) is 31.6. The van der Waals surface area contributed by atoms with Crippen LogP contribution in [0.4, 0.5) is 0 Å². The number of carbonyl (C=O) groups excluding carboxylic acids is 1. The number of amides is 1. The average Bonchev–Trinajstić information content (AvgIpc) is 2.83. The van der Waals surface area contributed by atoms with Gasteiger partial charge in [0.15, 0.2) is 0 Å². The van der Waals surface area contributed by atoms with E-state index in [2.05, 4.69) is 5.32 Å². The molecule has 0 radical (unpaired) electrons. The molecule has 216 valence electrons. The summed E-state index contributed by atoms with van der Waals surface area (Å²) in [5.74, 6) is -3.35. The summed E-state index contributed by atoms with van der Waals surface area (Å²) in [7, 11) is 0. The Morgan fingerprint density at radius 1 is 0.744 bits per heavy atom. The molecule has 1 aliphatic heterocycles. The van der Waals surface area contributed by atoms with Crippen molar-refractivity contribution in [2.45, 2.75) is 13.5 Å². The third kappa shape index (κ3) is 12.7. The number of aliphatic carboxylic acids is 3. The van der Waals surface area contributed by atoms with E-state index in [1.165, 1.54) is 0 Å². The van der Waals surface area contributed by atoms with Crippen LogP contribution in [0.15, 0.2) is 18.2 Å². The largest absolute Gasteiger partial charge is 0.480 e. The van der Waals surface area contributed by atoms with Crippen molar-refractivity contribution in [3.05, 3.63) is 34.9 Å². The molecule has 14 heteroatoms. The van der Waals surface area contributed by atoms with E-state index in [0.29, 0.717) is 57.9 Å². The van der Waals surface area contributed by atoms with Crippen LogP contribution >= 0.6 is 0 Å². The Morgan fingerprint density at radius 2 is 1.13 bits per heavy atom. The Labute approximate surface area is 227 Å². The van der Waals surface area contributed by atoms with Crippen molar-refractivity contribution in [2.75, 3.05) is 78.5 Å². The molecular weight excluding hydrogens is 510 g/mol. The molecule has 1 aliphatic rings. The van der Waals surface area contributed by atoms with Crippen molar-refractivity contribution >= 4 is 29.7 Å². The highest BCUT2D eigenvalue weighted by Gasteiger charge is 2.21. The van der Waals surface area contributed by atoms with E-state index in [0.717, 1.165) is 11.1 Å². The molecule has 14 nitrogen and oxygen atoms in total. The second kappa shape index (κ2) is 15.7. The Morgan fingerprint density at radius 3 is 1.49 bits per heavy atom. The van der Waals surface area contributed by atoms with Gasteiger partial charge in [0.05, 0.1) is 26.2 Å². The number of nitrogens with one attached hydrogen (secondary N) is 2. The molecule has 2 rings (SSSR count). The van der Waals surface area contributed by atoms with Gasteiger partial charge in [-0.05, 0) is 24.6 Å². The number of carboxylic acid groups (broad SMARTS) is 3. The van der Waals surface area contributed by atoms with Gasteiger partial charge in [0.1, 0.15) is 5.84 Å². The average molecular weight is 550 g/mol. The molecule has 7 N–H and O–H groups in total. The fourth-order valence-electron chi connectivity index (χ4n) is 4.36. The lowest BCUT2D eigenvalue weighted by Crippen LogP contribution is -2.49. The summed E-state index contributed by atoms with van der Waals surface area (Å²) in [6.07, 6.45) is 0. The molecule has 1 fully saturated rings. The van der Waals surface area contributed by atoms with Gasteiger partial charge in [-0.3, -0.25) is 44.2 Å². The predicted octanol–water partition coefficient (Wildman–Crippen LogP) is -1.63. The molecule has 1 aromatic carbocycles. The van der Waals surface area contributed by atoms with E-state index in [4.69, 9.17) is 11.1 Å². The summed E-state index contributed by atoms with van der Waals surface area (Å²) in [6.45, 7) is 4.08. The Kier molecular flexibility index (Phi) is 12.8. The molecule has 1 amide bonds. The Balaban J connectivity index is 2.10. The van der Waals surface area contributed by atoms with Crippen LogP contribution in [0.1, 0.15) is 16.7 Å². The molecule has 1 aromatic rings. The summed E-state index contributed by atoms with van der Waals surface area (Å²) in [4.78, 5) is 53.9. The lowest BCUT2D eigenvalue weighted by Gasteiger charge is -2.32. The predicted molar refractivity (Wildman–Crippen MR) is 143 cm³/mol. The van der Waals surface area contributed by atoms with Gasteiger partial charge in [0.25, 0.3) is 0 Å². The molecule has 0 atom stereocenters. The topological polar surface area (TPSA) is 204 Å². The molecule has 0 spiro atoms. The van der Waals surface area contributed by atoms with Gasteiger partial charge in [-0.15, -0.1) is 0 Å². The number of nitrogens with zero attached hydrogens (tertiary/aromatic N) is 4. The zero-order valence-corrected chi connectivity index (χ0v) is 22.3. The van der Waals surface area contributed by atoms with Crippen molar-refractivity contribution in [2.24, 2.45) is 5.73 Å². The van der Waals surface area contributed by atoms with Crippen LogP contribution in [0.3, 0.4) is 0 Å². The number of nitrogens with two attached hydrogens (primary N) is 1. The van der Waals surface area contributed by atoms with E-state index < -0.39 is 17.9 Å². The van der Waals surface area contributed by atoms with Crippen molar-refractivity contribution in [1.82, 2.24) is 24.9 Å². The second-order valence-electron chi connectivity index (χ2n) is 9.68. The number of aryl methyl sites for hydroxylation is 1. The van der Waals surface area contributed by atoms with Crippen LogP contribution in [0.5, 0.6) is 0 Å². The van der Waals surface area contributed by atoms with Crippen LogP contribution in [-0.2, 0) is 25.7 Å². The fraction of sp³-hybridized carbons (Fsp3) is 0.560.